The third-order valence-corrected chi connectivity index (χ3v) is 2.36. The van der Waals surface area contributed by atoms with E-state index in [1.807, 2.05) is 0 Å². The quantitative estimate of drug-likeness (QED) is 0.823. The lowest BCUT2D eigenvalue weighted by Crippen LogP contribution is -2.12. The maximum atomic E-state index is 12.6. The van der Waals surface area contributed by atoms with Crippen LogP contribution in [0.5, 0.6) is 0 Å². The summed E-state index contributed by atoms with van der Waals surface area (Å²) in [5.41, 5.74) is 6.09. The first-order chi connectivity index (χ1) is 7.97. The van der Waals surface area contributed by atoms with E-state index in [9.17, 15) is 13.6 Å². The minimum Gasteiger partial charge on any atom is -0.466 e. The van der Waals surface area contributed by atoms with Gasteiger partial charge < -0.3 is 10.5 Å². The second-order valence-electron chi connectivity index (χ2n) is 3.48. The molecule has 0 atom stereocenters. The molecule has 0 radical (unpaired) electrons. The van der Waals surface area contributed by atoms with Crippen LogP contribution in [0.4, 0.5) is 14.5 Å². The molecule has 6 heteroatoms. The van der Waals surface area contributed by atoms with Crippen LogP contribution in [-0.2, 0) is 16.0 Å². The maximum absolute atomic E-state index is 12.6. The topological polar surface area (TPSA) is 65.2 Å². The fraction of sp³-hybridized carbons (Fsp3) is 0.455. The summed E-state index contributed by atoms with van der Waals surface area (Å²) in [7, 11) is 0. The summed E-state index contributed by atoms with van der Waals surface area (Å²) >= 11 is 0. The highest BCUT2D eigenvalue weighted by molar-refractivity contribution is 5.75. The van der Waals surface area contributed by atoms with Gasteiger partial charge in [0.05, 0.1) is 24.9 Å². The van der Waals surface area contributed by atoms with Crippen molar-refractivity contribution < 1.29 is 18.3 Å². The molecular weight excluding hydrogens is 230 g/mol. The number of ether oxygens (including phenoxy) is 1. The van der Waals surface area contributed by atoms with Crippen molar-refractivity contribution in [3.05, 3.63) is 23.0 Å². The van der Waals surface area contributed by atoms with Crippen molar-refractivity contribution in [2.45, 2.75) is 26.7 Å². The zero-order chi connectivity index (χ0) is 13.0. The van der Waals surface area contributed by atoms with Gasteiger partial charge in [-0.3, -0.25) is 9.78 Å². The standard InChI is InChI=1S/C11H14F2N2O2/c1-3-17-9(16)4-7-6(2)10(11(12)13)15-5-8(7)14/h5,11H,3-4,14H2,1-2H3. The molecule has 4 nitrogen and oxygen atoms in total. The number of carbonyl (C=O) groups excluding carboxylic acids is 1. The van der Waals surface area contributed by atoms with Crippen LogP contribution in [0.1, 0.15) is 30.2 Å². The van der Waals surface area contributed by atoms with Crippen LogP contribution >= 0.6 is 0 Å². The number of pyridine rings is 1. The molecule has 0 fully saturated rings. The van der Waals surface area contributed by atoms with Crippen LogP contribution in [-0.4, -0.2) is 17.6 Å². The first kappa shape index (κ1) is 13.3. The molecule has 94 valence electrons. The van der Waals surface area contributed by atoms with Crippen LogP contribution in [0.25, 0.3) is 0 Å². The average Bonchev–Trinajstić information content (AvgIpc) is 2.24. The number of esters is 1. The van der Waals surface area contributed by atoms with E-state index >= 15 is 0 Å². The predicted molar refractivity (Wildman–Crippen MR) is 58.7 cm³/mol. The summed E-state index contributed by atoms with van der Waals surface area (Å²) in [5.74, 6) is -0.492. The van der Waals surface area contributed by atoms with Crippen molar-refractivity contribution in [3.8, 4) is 0 Å². The smallest absolute Gasteiger partial charge is 0.310 e. The highest BCUT2D eigenvalue weighted by atomic mass is 19.3. The van der Waals surface area contributed by atoms with Gasteiger partial charge in [0, 0.05) is 0 Å². The molecule has 0 saturated heterocycles. The van der Waals surface area contributed by atoms with E-state index in [-0.39, 0.29) is 30.0 Å². The van der Waals surface area contributed by atoms with E-state index in [1.54, 1.807) is 6.92 Å². The Hall–Kier alpha value is -1.72. The molecule has 0 unspecified atom stereocenters. The second kappa shape index (κ2) is 5.56. The van der Waals surface area contributed by atoms with E-state index < -0.39 is 12.4 Å². The molecule has 0 amide bonds. The Morgan fingerprint density at radius 1 is 1.59 bits per heavy atom. The van der Waals surface area contributed by atoms with Gasteiger partial charge in [0.2, 0.25) is 0 Å². The number of carbonyl (C=O) groups is 1. The molecule has 2 N–H and O–H groups in total. The number of hydrogen-bond donors (Lipinski definition) is 1. The summed E-state index contributed by atoms with van der Waals surface area (Å²) in [6.45, 7) is 3.38. The second-order valence-corrected chi connectivity index (χ2v) is 3.48. The van der Waals surface area contributed by atoms with Crippen molar-refractivity contribution in [3.63, 3.8) is 0 Å². The van der Waals surface area contributed by atoms with Crippen LogP contribution in [0.2, 0.25) is 0 Å². The summed E-state index contributed by atoms with van der Waals surface area (Å²) < 4.78 is 30.0. The maximum Gasteiger partial charge on any atom is 0.310 e. The SMILES string of the molecule is CCOC(=O)Cc1c(N)cnc(C(F)F)c1C. The third kappa shape index (κ3) is 3.12. The van der Waals surface area contributed by atoms with Gasteiger partial charge in [-0.1, -0.05) is 0 Å². The summed E-state index contributed by atoms with van der Waals surface area (Å²) in [4.78, 5) is 14.9. The van der Waals surface area contributed by atoms with Gasteiger partial charge in [-0.05, 0) is 25.0 Å². The normalized spacial score (nSPS) is 10.6. The first-order valence-corrected chi connectivity index (χ1v) is 5.15. The summed E-state index contributed by atoms with van der Waals surface area (Å²) in [6.07, 6.45) is -1.66. The van der Waals surface area contributed by atoms with Crippen molar-refractivity contribution in [1.29, 1.82) is 0 Å². The van der Waals surface area contributed by atoms with Crippen molar-refractivity contribution in [2.24, 2.45) is 0 Å². The molecule has 17 heavy (non-hydrogen) atoms. The van der Waals surface area contributed by atoms with Gasteiger partial charge in [-0.2, -0.15) is 0 Å². The highest BCUT2D eigenvalue weighted by Gasteiger charge is 2.18. The lowest BCUT2D eigenvalue weighted by molar-refractivity contribution is -0.142. The third-order valence-electron chi connectivity index (χ3n) is 2.36. The number of nitrogen functional groups attached to an aromatic ring is 1. The Morgan fingerprint density at radius 2 is 2.24 bits per heavy atom. The van der Waals surface area contributed by atoms with Gasteiger partial charge in [0.15, 0.2) is 0 Å². The lowest BCUT2D eigenvalue weighted by Gasteiger charge is -2.12. The Bertz CT molecular complexity index is 422. The minimum atomic E-state index is -2.68. The average molecular weight is 244 g/mol. The van der Waals surface area contributed by atoms with Crippen molar-refractivity contribution in [1.82, 2.24) is 4.98 Å². The molecule has 0 bridgehead atoms. The number of nitrogens with two attached hydrogens (primary N) is 1. The van der Waals surface area contributed by atoms with Crippen LogP contribution in [0, 0.1) is 6.92 Å². The summed E-state index contributed by atoms with van der Waals surface area (Å²) in [5, 5.41) is 0. The number of halogens is 2. The monoisotopic (exact) mass is 244 g/mol. The molecular formula is C11H14F2N2O2. The van der Waals surface area contributed by atoms with Crippen LogP contribution < -0.4 is 5.73 Å². The number of nitrogens with zero attached hydrogens (tertiary/aromatic N) is 1. The number of aromatic nitrogens is 1. The molecule has 0 aliphatic heterocycles. The Balaban J connectivity index is 3.05. The minimum absolute atomic E-state index is 0.117. The van der Waals surface area contributed by atoms with Crippen molar-refractivity contribution in [2.75, 3.05) is 12.3 Å². The molecule has 0 spiro atoms. The number of alkyl halides is 2. The largest absolute Gasteiger partial charge is 0.466 e. The van der Waals surface area contributed by atoms with E-state index in [4.69, 9.17) is 10.5 Å². The molecule has 1 aromatic rings. The highest BCUT2D eigenvalue weighted by Crippen LogP contribution is 2.26. The molecule has 1 aromatic heterocycles. The first-order valence-electron chi connectivity index (χ1n) is 5.15. The molecule has 0 aliphatic rings. The van der Waals surface area contributed by atoms with Gasteiger partial charge in [0.1, 0.15) is 5.69 Å². The Morgan fingerprint density at radius 3 is 2.76 bits per heavy atom. The van der Waals surface area contributed by atoms with E-state index in [2.05, 4.69) is 4.98 Å². The lowest BCUT2D eigenvalue weighted by atomic mass is 10.0. The number of anilines is 1. The van der Waals surface area contributed by atoms with Gasteiger partial charge >= 0.3 is 5.97 Å². The molecule has 0 aliphatic carbocycles. The van der Waals surface area contributed by atoms with E-state index in [0.717, 1.165) is 6.20 Å². The Kier molecular flexibility index (Phi) is 4.37. The fourth-order valence-corrected chi connectivity index (χ4v) is 1.50. The van der Waals surface area contributed by atoms with Gasteiger partial charge in [0.25, 0.3) is 6.43 Å². The zero-order valence-corrected chi connectivity index (χ0v) is 9.67. The molecule has 0 saturated carbocycles. The zero-order valence-electron chi connectivity index (χ0n) is 9.67. The van der Waals surface area contributed by atoms with E-state index in [1.165, 1.54) is 6.92 Å². The van der Waals surface area contributed by atoms with Gasteiger partial charge in [-0.25, -0.2) is 8.78 Å². The fourth-order valence-electron chi connectivity index (χ4n) is 1.50. The number of hydrogen-bond acceptors (Lipinski definition) is 4. The van der Waals surface area contributed by atoms with Gasteiger partial charge in [-0.15, -0.1) is 0 Å². The molecule has 1 heterocycles. The predicted octanol–water partition coefficient (Wildman–Crippen LogP) is 2.02. The van der Waals surface area contributed by atoms with Crippen LogP contribution in [0.3, 0.4) is 0 Å². The van der Waals surface area contributed by atoms with E-state index in [0.29, 0.717) is 5.56 Å². The molecule has 0 aromatic carbocycles. The van der Waals surface area contributed by atoms with Crippen LogP contribution in [0.15, 0.2) is 6.20 Å². The number of rotatable bonds is 4. The summed E-state index contributed by atoms with van der Waals surface area (Å²) in [6, 6.07) is 0. The Labute approximate surface area is 97.8 Å². The van der Waals surface area contributed by atoms with Crippen molar-refractivity contribution >= 4 is 11.7 Å². The molecule has 1 rings (SSSR count).